The fourth-order valence-electron chi connectivity index (χ4n) is 1.69. The van der Waals surface area contributed by atoms with Crippen LogP contribution in [0.25, 0.3) is 0 Å². The molecule has 0 aliphatic carbocycles. The molecule has 1 fully saturated rings. The summed E-state index contributed by atoms with van der Waals surface area (Å²) in [7, 11) is 0. The van der Waals surface area contributed by atoms with E-state index in [0.717, 1.165) is 0 Å². The SMILES string of the molecule is CC1CCN(C(C)C)CC(C(F)(F)F)O1. The van der Waals surface area contributed by atoms with E-state index in [0.29, 0.717) is 13.0 Å². The molecule has 0 radical (unpaired) electrons. The standard InChI is InChI=1S/C10H18F3NO/c1-7(2)14-5-4-8(3)15-9(6-14)10(11,12)13/h7-9H,4-6H2,1-3H3. The van der Waals surface area contributed by atoms with Gasteiger partial charge in [-0.1, -0.05) is 0 Å². The van der Waals surface area contributed by atoms with Crippen molar-refractivity contribution in [2.24, 2.45) is 0 Å². The summed E-state index contributed by atoms with van der Waals surface area (Å²) in [5.74, 6) is 0. The highest BCUT2D eigenvalue weighted by molar-refractivity contribution is 4.79. The van der Waals surface area contributed by atoms with Crippen molar-refractivity contribution in [3.8, 4) is 0 Å². The zero-order valence-electron chi connectivity index (χ0n) is 9.34. The summed E-state index contributed by atoms with van der Waals surface area (Å²) in [5.41, 5.74) is 0. The number of rotatable bonds is 1. The van der Waals surface area contributed by atoms with Gasteiger partial charge in [0.1, 0.15) is 0 Å². The fourth-order valence-corrected chi connectivity index (χ4v) is 1.69. The highest BCUT2D eigenvalue weighted by Crippen LogP contribution is 2.27. The summed E-state index contributed by atoms with van der Waals surface area (Å²) < 4.78 is 42.7. The quantitative estimate of drug-likeness (QED) is 0.679. The van der Waals surface area contributed by atoms with Gasteiger partial charge in [-0.3, -0.25) is 4.90 Å². The molecule has 15 heavy (non-hydrogen) atoms. The molecule has 2 unspecified atom stereocenters. The molecule has 0 aromatic rings. The Morgan fingerprint density at radius 1 is 1.33 bits per heavy atom. The molecule has 0 aromatic carbocycles. The van der Waals surface area contributed by atoms with Gasteiger partial charge in [-0.15, -0.1) is 0 Å². The Morgan fingerprint density at radius 2 is 1.93 bits per heavy atom. The zero-order chi connectivity index (χ0) is 11.6. The minimum atomic E-state index is -4.26. The number of hydrogen-bond acceptors (Lipinski definition) is 2. The van der Waals surface area contributed by atoms with E-state index in [1.54, 1.807) is 6.92 Å². The Balaban J connectivity index is 2.70. The van der Waals surface area contributed by atoms with Gasteiger partial charge in [0.25, 0.3) is 0 Å². The van der Waals surface area contributed by atoms with E-state index < -0.39 is 12.3 Å². The van der Waals surface area contributed by atoms with E-state index >= 15 is 0 Å². The summed E-state index contributed by atoms with van der Waals surface area (Å²) >= 11 is 0. The van der Waals surface area contributed by atoms with Gasteiger partial charge in [-0.2, -0.15) is 13.2 Å². The van der Waals surface area contributed by atoms with E-state index in [1.165, 1.54) is 0 Å². The minimum absolute atomic E-state index is 0.0501. The first-order valence-electron chi connectivity index (χ1n) is 5.27. The van der Waals surface area contributed by atoms with Gasteiger partial charge in [0.2, 0.25) is 0 Å². The Bertz CT molecular complexity index is 205. The molecule has 0 N–H and O–H groups in total. The van der Waals surface area contributed by atoms with E-state index in [-0.39, 0.29) is 18.7 Å². The van der Waals surface area contributed by atoms with Crippen molar-refractivity contribution in [2.75, 3.05) is 13.1 Å². The van der Waals surface area contributed by atoms with Gasteiger partial charge >= 0.3 is 6.18 Å². The predicted molar refractivity (Wildman–Crippen MR) is 51.7 cm³/mol. The van der Waals surface area contributed by atoms with Gasteiger partial charge in [0.05, 0.1) is 6.10 Å². The summed E-state index contributed by atoms with van der Waals surface area (Å²) in [6.07, 6.45) is -5.56. The van der Waals surface area contributed by atoms with Crippen LogP contribution in [0.4, 0.5) is 13.2 Å². The van der Waals surface area contributed by atoms with Crippen molar-refractivity contribution in [3.05, 3.63) is 0 Å². The number of hydrogen-bond donors (Lipinski definition) is 0. The molecule has 0 bridgehead atoms. The Kier molecular flexibility index (Phi) is 4.00. The molecule has 5 heteroatoms. The normalized spacial score (nSPS) is 30.6. The molecular weight excluding hydrogens is 207 g/mol. The Morgan fingerprint density at radius 3 is 2.40 bits per heavy atom. The molecular formula is C10H18F3NO. The minimum Gasteiger partial charge on any atom is -0.364 e. The maximum atomic E-state index is 12.6. The lowest BCUT2D eigenvalue weighted by molar-refractivity contribution is -0.230. The van der Waals surface area contributed by atoms with Crippen LogP contribution < -0.4 is 0 Å². The molecule has 2 atom stereocenters. The van der Waals surface area contributed by atoms with Gasteiger partial charge in [0.15, 0.2) is 6.10 Å². The highest BCUT2D eigenvalue weighted by Gasteiger charge is 2.43. The first-order valence-corrected chi connectivity index (χ1v) is 5.27. The van der Waals surface area contributed by atoms with E-state index in [4.69, 9.17) is 4.74 Å². The summed E-state index contributed by atoms with van der Waals surface area (Å²) in [6.45, 7) is 6.13. The van der Waals surface area contributed by atoms with Crippen molar-refractivity contribution < 1.29 is 17.9 Å². The lowest BCUT2D eigenvalue weighted by Gasteiger charge is -2.28. The fraction of sp³-hybridized carbons (Fsp3) is 1.00. The van der Waals surface area contributed by atoms with Crippen molar-refractivity contribution in [1.29, 1.82) is 0 Å². The molecule has 1 aliphatic heterocycles. The van der Waals surface area contributed by atoms with Crippen molar-refractivity contribution >= 4 is 0 Å². The highest BCUT2D eigenvalue weighted by atomic mass is 19.4. The maximum Gasteiger partial charge on any atom is 0.415 e. The molecule has 1 heterocycles. The van der Waals surface area contributed by atoms with Crippen LogP contribution in [0.15, 0.2) is 0 Å². The van der Waals surface area contributed by atoms with Crippen LogP contribution >= 0.6 is 0 Å². The first kappa shape index (κ1) is 12.8. The number of halogens is 3. The Hall–Kier alpha value is -0.290. The number of nitrogens with zero attached hydrogens (tertiary/aromatic N) is 1. The van der Waals surface area contributed by atoms with Crippen LogP contribution in [0, 0.1) is 0 Å². The van der Waals surface area contributed by atoms with Crippen molar-refractivity contribution in [3.63, 3.8) is 0 Å². The number of ether oxygens (including phenoxy) is 1. The third-order valence-electron chi connectivity index (χ3n) is 2.72. The molecule has 1 rings (SSSR count). The van der Waals surface area contributed by atoms with E-state index in [2.05, 4.69) is 0 Å². The third-order valence-corrected chi connectivity index (χ3v) is 2.72. The van der Waals surface area contributed by atoms with Crippen LogP contribution in [0.2, 0.25) is 0 Å². The van der Waals surface area contributed by atoms with E-state index in [9.17, 15) is 13.2 Å². The summed E-state index contributed by atoms with van der Waals surface area (Å²) in [6, 6.07) is 0.128. The van der Waals surface area contributed by atoms with Gasteiger partial charge in [-0.05, 0) is 27.2 Å². The van der Waals surface area contributed by atoms with Crippen molar-refractivity contribution in [1.82, 2.24) is 4.90 Å². The topological polar surface area (TPSA) is 12.5 Å². The van der Waals surface area contributed by atoms with Crippen LogP contribution in [-0.4, -0.2) is 42.4 Å². The monoisotopic (exact) mass is 225 g/mol. The average molecular weight is 225 g/mol. The number of alkyl halides is 3. The molecule has 0 saturated carbocycles. The molecule has 0 spiro atoms. The van der Waals surface area contributed by atoms with Gasteiger partial charge < -0.3 is 4.74 Å². The van der Waals surface area contributed by atoms with E-state index in [1.807, 2.05) is 18.7 Å². The molecule has 1 aliphatic rings. The molecule has 0 aromatic heterocycles. The summed E-state index contributed by atoms with van der Waals surface area (Å²) in [5, 5.41) is 0. The second-order valence-electron chi connectivity index (χ2n) is 4.35. The third kappa shape index (κ3) is 3.65. The van der Waals surface area contributed by atoms with Crippen LogP contribution in [-0.2, 0) is 4.74 Å². The zero-order valence-corrected chi connectivity index (χ0v) is 9.34. The average Bonchev–Trinajstić information content (AvgIpc) is 2.25. The first-order chi connectivity index (χ1) is 6.80. The second-order valence-corrected chi connectivity index (χ2v) is 4.35. The molecule has 90 valence electrons. The molecule has 0 amide bonds. The van der Waals surface area contributed by atoms with Crippen LogP contribution in [0.3, 0.4) is 0 Å². The maximum absolute atomic E-state index is 12.6. The van der Waals surface area contributed by atoms with Crippen molar-refractivity contribution in [2.45, 2.75) is 51.6 Å². The molecule has 1 saturated heterocycles. The predicted octanol–water partition coefficient (Wildman–Crippen LogP) is 2.44. The van der Waals surface area contributed by atoms with Gasteiger partial charge in [-0.25, -0.2) is 0 Å². The summed E-state index contributed by atoms with van der Waals surface area (Å²) in [4.78, 5) is 1.82. The second kappa shape index (κ2) is 4.70. The van der Waals surface area contributed by atoms with Gasteiger partial charge in [0, 0.05) is 19.1 Å². The lowest BCUT2D eigenvalue weighted by Crippen LogP contribution is -2.43. The smallest absolute Gasteiger partial charge is 0.364 e. The Labute approximate surface area is 88.4 Å². The lowest BCUT2D eigenvalue weighted by atomic mass is 10.2. The largest absolute Gasteiger partial charge is 0.415 e. The van der Waals surface area contributed by atoms with Crippen LogP contribution in [0.1, 0.15) is 27.2 Å². The molecule has 2 nitrogen and oxygen atoms in total. The van der Waals surface area contributed by atoms with Crippen LogP contribution in [0.5, 0.6) is 0 Å².